The summed E-state index contributed by atoms with van der Waals surface area (Å²) in [5, 5.41) is 14.5. The van der Waals surface area contributed by atoms with Crippen LogP contribution in [0, 0.1) is 5.21 Å². The second-order valence-electron chi connectivity index (χ2n) is 4.97. The van der Waals surface area contributed by atoms with E-state index >= 15 is 0 Å². The van der Waals surface area contributed by atoms with Crippen molar-refractivity contribution in [2.24, 2.45) is 0 Å². The van der Waals surface area contributed by atoms with Crippen LogP contribution >= 0.6 is 11.8 Å². The maximum absolute atomic E-state index is 12.3. The fourth-order valence-corrected chi connectivity index (χ4v) is 2.95. The fraction of sp³-hybridized carbons (Fsp3) is 0.250. The molecule has 0 unspecified atom stereocenters. The van der Waals surface area contributed by atoms with E-state index in [1.54, 1.807) is 43.3 Å². The highest BCUT2D eigenvalue weighted by Crippen LogP contribution is 2.33. The summed E-state index contributed by atoms with van der Waals surface area (Å²) in [6.07, 6.45) is 1.41. The molecule has 0 saturated heterocycles. The average molecular weight is 332 g/mol. The van der Waals surface area contributed by atoms with Gasteiger partial charge in [0.05, 0.1) is 5.25 Å². The van der Waals surface area contributed by atoms with Gasteiger partial charge in [-0.3, -0.25) is 4.79 Å². The minimum absolute atomic E-state index is 0.185. The molecule has 1 aromatic carbocycles. The number of anilines is 1. The zero-order valence-corrected chi connectivity index (χ0v) is 13.3. The van der Waals surface area contributed by atoms with Gasteiger partial charge in [-0.2, -0.15) is 4.73 Å². The van der Waals surface area contributed by atoms with Crippen LogP contribution in [0.25, 0.3) is 0 Å². The van der Waals surface area contributed by atoms with Crippen molar-refractivity contribution in [2.75, 3.05) is 18.5 Å². The maximum atomic E-state index is 12.3. The third-order valence-electron chi connectivity index (χ3n) is 3.27. The molecule has 2 aromatic rings. The zero-order chi connectivity index (χ0) is 16.2. The number of nitrogens with zero attached hydrogens (tertiary/aromatic N) is 1. The van der Waals surface area contributed by atoms with E-state index in [-0.39, 0.29) is 5.91 Å². The van der Waals surface area contributed by atoms with Gasteiger partial charge in [0.1, 0.15) is 13.2 Å². The molecule has 1 aliphatic rings. The number of hydrogen-bond donors (Lipinski definition) is 1. The van der Waals surface area contributed by atoms with Gasteiger partial charge in [-0.1, -0.05) is 0 Å². The smallest absolute Gasteiger partial charge is 0.252 e. The predicted molar refractivity (Wildman–Crippen MR) is 86.8 cm³/mol. The molecule has 3 rings (SSSR count). The number of carbonyl (C=O) groups is 1. The minimum Gasteiger partial charge on any atom is -0.618 e. The first-order chi connectivity index (χ1) is 11.1. The highest BCUT2D eigenvalue weighted by molar-refractivity contribution is 8.00. The first-order valence-electron chi connectivity index (χ1n) is 7.19. The lowest BCUT2D eigenvalue weighted by Gasteiger charge is -2.19. The lowest BCUT2D eigenvalue weighted by molar-refractivity contribution is -0.645. The number of rotatable bonds is 4. The van der Waals surface area contributed by atoms with Crippen LogP contribution in [0.3, 0.4) is 0 Å². The van der Waals surface area contributed by atoms with Crippen molar-refractivity contribution < 1.29 is 19.0 Å². The van der Waals surface area contributed by atoms with Crippen LogP contribution in [-0.2, 0) is 4.79 Å². The van der Waals surface area contributed by atoms with Gasteiger partial charge >= 0.3 is 0 Å². The summed E-state index contributed by atoms with van der Waals surface area (Å²) in [6.45, 7) is 2.78. The van der Waals surface area contributed by atoms with Crippen LogP contribution in [0.15, 0.2) is 47.6 Å². The van der Waals surface area contributed by atoms with Crippen molar-refractivity contribution in [1.82, 2.24) is 0 Å². The lowest BCUT2D eigenvalue weighted by atomic mass is 10.2. The minimum atomic E-state index is -0.411. The van der Waals surface area contributed by atoms with Gasteiger partial charge in [-0.25, -0.2) is 0 Å². The summed E-state index contributed by atoms with van der Waals surface area (Å²) < 4.78 is 11.7. The Morgan fingerprint density at radius 3 is 2.83 bits per heavy atom. The summed E-state index contributed by atoms with van der Waals surface area (Å²) >= 11 is 1.21. The molecular formula is C16H16N2O4S. The Balaban J connectivity index is 1.65. The van der Waals surface area contributed by atoms with Crippen molar-refractivity contribution in [3.63, 3.8) is 0 Å². The van der Waals surface area contributed by atoms with Gasteiger partial charge in [0.2, 0.25) is 5.91 Å². The molecule has 1 atom stereocenters. The molecule has 1 aliphatic heterocycles. The van der Waals surface area contributed by atoms with Gasteiger partial charge < -0.3 is 20.0 Å². The first kappa shape index (κ1) is 15.5. The highest BCUT2D eigenvalue weighted by atomic mass is 32.2. The SMILES string of the molecule is C[C@@H](Sc1cccc[n+]1[O-])C(=O)Nc1ccc2c(c1)OCCO2. The molecule has 6 nitrogen and oxygen atoms in total. The normalized spacial score (nSPS) is 14.1. The topological polar surface area (TPSA) is 74.5 Å². The maximum Gasteiger partial charge on any atom is 0.252 e. The van der Waals surface area contributed by atoms with Crippen LogP contribution in [0.5, 0.6) is 11.5 Å². The Morgan fingerprint density at radius 2 is 2.04 bits per heavy atom. The van der Waals surface area contributed by atoms with Crippen molar-refractivity contribution in [3.8, 4) is 11.5 Å². The van der Waals surface area contributed by atoms with E-state index in [0.717, 1.165) is 4.73 Å². The first-order valence-corrected chi connectivity index (χ1v) is 8.07. The molecule has 0 fully saturated rings. The molecule has 7 heteroatoms. The van der Waals surface area contributed by atoms with Crippen molar-refractivity contribution in [2.45, 2.75) is 17.2 Å². The summed E-state index contributed by atoms with van der Waals surface area (Å²) in [4.78, 5) is 12.3. The van der Waals surface area contributed by atoms with Gasteiger partial charge in [0.25, 0.3) is 5.03 Å². The molecule has 1 aromatic heterocycles. The van der Waals surface area contributed by atoms with Crippen LogP contribution in [0.4, 0.5) is 5.69 Å². The Kier molecular flexibility index (Phi) is 4.57. The van der Waals surface area contributed by atoms with Crippen LogP contribution in [0.2, 0.25) is 0 Å². The second-order valence-corrected chi connectivity index (χ2v) is 6.33. The molecule has 0 saturated carbocycles. The number of benzene rings is 1. The molecule has 0 aliphatic carbocycles. The molecule has 1 N–H and O–H groups in total. The van der Waals surface area contributed by atoms with Gasteiger partial charge in [0, 0.05) is 23.9 Å². The molecule has 23 heavy (non-hydrogen) atoms. The Hall–Kier alpha value is -2.41. The summed E-state index contributed by atoms with van der Waals surface area (Å²) in [5.41, 5.74) is 0.634. The van der Waals surface area contributed by atoms with E-state index in [1.807, 2.05) is 0 Å². The van der Waals surface area contributed by atoms with Crippen LogP contribution in [0.1, 0.15) is 6.92 Å². The molecule has 120 valence electrons. The number of pyridine rings is 1. The van der Waals surface area contributed by atoms with Crippen LogP contribution < -0.4 is 19.5 Å². The van der Waals surface area contributed by atoms with Crippen molar-refractivity contribution in [1.29, 1.82) is 0 Å². The van der Waals surface area contributed by atoms with Gasteiger partial charge in [-0.15, -0.1) is 0 Å². The summed E-state index contributed by atoms with van der Waals surface area (Å²) in [6, 6.07) is 10.4. The second kappa shape index (κ2) is 6.78. The quantitative estimate of drug-likeness (QED) is 0.528. The van der Waals surface area contributed by atoms with Crippen molar-refractivity contribution in [3.05, 3.63) is 47.8 Å². The number of carbonyl (C=O) groups excluding carboxylic acids is 1. The zero-order valence-electron chi connectivity index (χ0n) is 12.5. The number of aromatic nitrogens is 1. The monoisotopic (exact) mass is 332 g/mol. The number of fused-ring (bicyclic) bond motifs is 1. The lowest BCUT2D eigenvalue weighted by Crippen LogP contribution is -2.30. The summed E-state index contributed by atoms with van der Waals surface area (Å²) in [5.74, 6) is 1.11. The van der Waals surface area contributed by atoms with E-state index in [2.05, 4.69) is 5.32 Å². The highest BCUT2D eigenvalue weighted by Gasteiger charge is 2.20. The number of thioether (sulfide) groups is 1. The molecule has 0 bridgehead atoms. The number of ether oxygens (including phenoxy) is 2. The van der Waals surface area contributed by atoms with E-state index in [0.29, 0.717) is 35.4 Å². The van der Waals surface area contributed by atoms with E-state index in [9.17, 15) is 10.0 Å². The van der Waals surface area contributed by atoms with Crippen molar-refractivity contribution >= 4 is 23.4 Å². The van der Waals surface area contributed by atoms with Crippen LogP contribution in [-0.4, -0.2) is 24.4 Å². The summed E-state index contributed by atoms with van der Waals surface area (Å²) in [7, 11) is 0. The number of hydrogen-bond acceptors (Lipinski definition) is 5. The Labute approximate surface area is 138 Å². The van der Waals surface area contributed by atoms with E-state index in [4.69, 9.17) is 9.47 Å². The molecular weight excluding hydrogens is 316 g/mol. The van der Waals surface area contributed by atoms with E-state index < -0.39 is 5.25 Å². The third kappa shape index (κ3) is 3.68. The van der Waals surface area contributed by atoms with E-state index in [1.165, 1.54) is 18.0 Å². The van der Waals surface area contributed by atoms with Gasteiger partial charge in [0.15, 0.2) is 17.7 Å². The fourth-order valence-electron chi connectivity index (χ4n) is 2.10. The average Bonchev–Trinajstić information content (AvgIpc) is 2.56. The Morgan fingerprint density at radius 1 is 1.26 bits per heavy atom. The standard InChI is InChI=1S/C16H16N2O4S/c1-11(23-15-4-2-3-7-18(15)20)16(19)17-12-5-6-13-14(10-12)22-9-8-21-13/h2-7,10-11H,8-9H2,1H3,(H,17,19)/t11-/m1/s1. The molecule has 0 radical (unpaired) electrons. The molecule has 2 heterocycles. The number of amides is 1. The third-order valence-corrected chi connectivity index (χ3v) is 4.39. The Bertz CT molecular complexity index is 723. The predicted octanol–water partition coefficient (Wildman–Crippen LogP) is 2.21. The molecule has 1 amide bonds. The van der Waals surface area contributed by atoms with Gasteiger partial charge in [-0.05, 0) is 36.9 Å². The largest absolute Gasteiger partial charge is 0.618 e. The number of nitrogens with one attached hydrogen (secondary N) is 1. The molecule has 0 spiro atoms.